The van der Waals surface area contributed by atoms with E-state index in [0.717, 1.165) is 6.07 Å². The van der Waals surface area contributed by atoms with Crippen LogP contribution in [0.2, 0.25) is 0 Å². The van der Waals surface area contributed by atoms with Gasteiger partial charge in [0.15, 0.2) is 11.6 Å². The maximum Gasteiger partial charge on any atom is 0.253 e. The Balaban J connectivity index is 3.54. The lowest BCUT2D eigenvalue weighted by Crippen LogP contribution is -2.15. The SMILES string of the molecule is COc1c(F)ccc(C#N)c1C(N)=O. The molecule has 1 aromatic rings. The number of nitriles is 1. The van der Waals surface area contributed by atoms with Crippen LogP contribution in [0.15, 0.2) is 12.1 Å². The molecule has 0 aromatic heterocycles. The lowest BCUT2D eigenvalue weighted by atomic mass is 10.1. The number of hydrogen-bond acceptors (Lipinski definition) is 3. The van der Waals surface area contributed by atoms with Crippen molar-refractivity contribution in [2.45, 2.75) is 0 Å². The van der Waals surface area contributed by atoms with Crippen LogP contribution in [0.5, 0.6) is 5.75 Å². The third kappa shape index (κ3) is 1.50. The minimum Gasteiger partial charge on any atom is -0.493 e. The second-order valence-electron chi connectivity index (χ2n) is 2.48. The monoisotopic (exact) mass is 194 g/mol. The Kier molecular flexibility index (Phi) is 2.67. The Morgan fingerprint density at radius 3 is 2.71 bits per heavy atom. The van der Waals surface area contributed by atoms with E-state index in [-0.39, 0.29) is 16.9 Å². The number of halogens is 1. The highest BCUT2D eigenvalue weighted by Gasteiger charge is 2.18. The Labute approximate surface area is 79.7 Å². The molecule has 0 aliphatic carbocycles. The van der Waals surface area contributed by atoms with Crippen LogP contribution in [0.1, 0.15) is 15.9 Å². The van der Waals surface area contributed by atoms with E-state index < -0.39 is 11.7 Å². The van der Waals surface area contributed by atoms with Crippen molar-refractivity contribution in [3.05, 3.63) is 29.1 Å². The van der Waals surface area contributed by atoms with Gasteiger partial charge < -0.3 is 10.5 Å². The van der Waals surface area contributed by atoms with Gasteiger partial charge in [0.2, 0.25) is 0 Å². The minimum atomic E-state index is -0.891. The van der Waals surface area contributed by atoms with Gasteiger partial charge in [-0.15, -0.1) is 0 Å². The molecule has 14 heavy (non-hydrogen) atoms. The van der Waals surface area contributed by atoms with Gasteiger partial charge in [-0.05, 0) is 12.1 Å². The van der Waals surface area contributed by atoms with Crippen LogP contribution in [0, 0.1) is 17.1 Å². The zero-order valence-electron chi connectivity index (χ0n) is 7.37. The highest BCUT2D eigenvalue weighted by molar-refractivity contribution is 5.98. The Morgan fingerprint density at radius 2 is 2.29 bits per heavy atom. The summed E-state index contributed by atoms with van der Waals surface area (Å²) in [5.74, 6) is -1.91. The summed E-state index contributed by atoms with van der Waals surface area (Å²) in [6, 6.07) is 3.96. The van der Waals surface area contributed by atoms with Crippen LogP contribution in [0.4, 0.5) is 4.39 Å². The van der Waals surface area contributed by atoms with Crippen molar-refractivity contribution in [2.75, 3.05) is 7.11 Å². The van der Waals surface area contributed by atoms with E-state index in [1.807, 2.05) is 0 Å². The van der Waals surface area contributed by atoms with Crippen molar-refractivity contribution in [1.82, 2.24) is 0 Å². The molecule has 1 amide bonds. The second kappa shape index (κ2) is 3.75. The van der Waals surface area contributed by atoms with Crippen LogP contribution in [0.25, 0.3) is 0 Å². The zero-order chi connectivity index (χ0) is 10.7. The van der Waals surface area contributed by atoms with E-state index in [2.05, 4.69) is 4.74 Å². The molecule has 0 radical (unpaired) electrons. The third-order valence-electron chi connectivity index (χ3n) is 1.68. The number of methoxy groups -OCH3 is 1. The van der Waals surface area contributed by atoms with Crippen molar-refractivity contribution >= 4 is 5.91 Å². The summed E-state index contributed by atoms with van der Waals surface area (Å²) >= 11 is 0. The second-order valence-corrected chi connectivity index (χ2v) is 2.48. The quantitative estimate of drug-likeness (QED) is 0.756. The van der Waals surface area contributed by atoms with Gasteiger partial charge in [0.05, 0.1) is 12.7 Å². The number of amides is 1. The molecule has 0 heterocycles. The lowest BCUT2D eigenvalue weighted by Gasteiger charge is -2.07. The molecule has 0 spiro atoms. The fraction of sp³-hybridized carbons (Fsp3) is 0.111. The summed E-state index contributed by atoms with van der Waals surface area (Å²) in [4.78, 5) is 10.9. The number of rotatable bonds is 2. The fourth-order valence-electron chi connectivity index (χ4n) is 1.09. The van der Waals surface area contributed by atoms with Crippen LogP contribution in [-0.4, -0.2) is 13.0 Å². The highest BCUT2D eigenvalue weighted by atomic mass is 19.1. The van der Waals surface area contributed by atoms with Crippen LogP contribution in [-0.2, 0) is 0 Å². The molecule has 0 bridgehead atoms. The molecule has 1 rings (SSSR count). The Morgan fingerprint density at radius 1 is 1.64 bits per heavy atom. The summed E-state index contributed by atoms with van der Waals surface area (Å²) in [5, 5.41) is 8.64. The largest absolute Gasteiger partial charge is 0.493 e. The molecule has 0 aliphatic rings. The summed E-state index contributed by atoms with van der Waals surface area (Å²) in [6.07, 6.45) is 0. The molecule has 0 aliphatic heterocycles. The van der Waals surface area contributed by atoms with E-state index in [4.69, 9.17) is 11.0 Å². The molecule has 5 heteroatoms. The van der Waals surface area contributed by atoms with Crippen LogP contribution >= 0.6 is 0 Å². The van der Waals surface area contributed by atoms with Crippen LogP contribution < -0.4 is 10.5 Å². The number of benzene rings is 1. The minimum absolute atomic E-state index is 0.00394. The molecule has 2 N–H and O–H groups in total. The lowest BCUT2D eigenvalue weighted by molar-refractivity contribution is 0.0996. The molecular formula is C9H7FN2O2. The van der Waals surface area contributed by atoms with Crippen molar-refractivity contribution < 1.29 is 13.9 Å². The number of carbonyl (C=O) groups is 1. The predicted molar refractivity (Wildman–Crippen MR) is 46.2 cm³/mol. The van der Waals surface area contributed by atoms with Crippen LogP contribution in [0.3, 0.4) is 0 Å². The number of ether oxygens (including phenoxy) is 1. The first kappa shape index (κ1) is 9.99. The molecule has 72 valence electrons. The number of carbonyl (C=O) groups excluding carboxylic acids is 1. The van der Waals surface area contributed by atoms with E-state index in [1.165, 1.54) is 13.2 Å². The Hall–Kier alpha value is -2.09. The first-order chi connectivity index (χ1) is 6.61. The van der Waals surface area contributed by atoms with Gasteiger partial charge in [0, 0.05) is 0 Å². The molecule has 0 unspecified atom stereocenters. The first-order valence-electron chi connectivity index (χ1n) is 3.68. The topological polar surface area (TPSA) is 76.1 Å². The summed E-state index contributed by atoms with van der Waals surface area (Å²) < 4.78 is 17.7. The maximum absolute atomic E-state index is 13.1. The molecular weight excluding hydrogens is 187 g/mol. The average Bonchev–Trinajstić information content (AvgIpc) is 2.17. The van der Waals surface area contributed by atoms with Crippen molar-refractivity contribution in [3.63, 3.8) is 0 Å². The van der Waals surface area contributed by atoms with E-state index >= 15 is 0 Å². The number of hydrogen-bond donors (Lipinski definition) is 1. The van der Waals surface area contributed by atoms with Gasteiger partial charge in [-0.2, -0.15) is 5.26 Å². The maximum atomic E-state index is 13.1. The van der Waals surface area contributed by atoms with Gasteiger partial charge in [-0.25, -0.2) is 4.39 Å². The smallest absolute Gasteiger partial charge is 0.253 e. The molecule has 0 saturated carbocycles. The van der Waals surface area contributed by atoms with Gasteiger partial charge in [-0.3, -0.25) is 4.79 Å². The third-order valence-corrected chi connectivity index (χ3v) is 1.68. The number of primary amides is 1. The van der Waals surface area contributed by atoms with E-state index in [9.17, 15) is 9.18 Å². The Bertz CT molecular complexity index is 424. The van der Waals surface area contributed by atoms with Crippen molar-refractivity contribution in [2.24, 2.45) is 5.73 Å². The van der Waals surface area contributed by atoms with Gasteiger partial charge in [-0.1, -0.05) is 0 Å². The normalized spacial score (nSPS) is 9.21. The molecule has 0 atom stereocenters. The standard InChI is InChI=1S/C9H7FN2O2/c1-14-8-6(10)3-2-5(4-11)7(8)9(12)13/h2-3H,1H3,(H2,12,13). The highest BCUT2D eigenvalue weighted by Crippen LogP contribution is 2.24. The number of nitrogens with zero attached hydrogens (tertiary/aromatic N) is 1. The predicted octanol–water partition coefficient (Wildman–Crippen LogP) is 0.805. The number of nitrogens with two attached hydrogens (primary N) is 1. The van der Waals surface area contributed by atoms with Gasteiger partial charge >= 0.3 is 0 Å². The van der Waals surface area contributed by atoms with Crippen molar-refractivity contribution in [3.8, 4) is 11.8 Å². The molecule has 4 nitrogen and oxygen atoms in total. The summed E-state index contributed by atoms with van der Waals surface area (Å²) in [5.41, 5.74) is 4.77. The molecule has 0 saturated heterocycles. The van der Waals surface area contributed by atoms with Gasteiger partial charge in [0.25, 0.3) is 5.91 Å². The van der Waals surface area contributed by atoms with E-state index in [0.29, 0.717) is 0 Å². The van der Waals surface area contributed by atoms with E-state index in [1.54, 1.807) is 6.07 Å². The molecule has 0 fully saturated rings. The first-order valence-corrected chi connectivity index (χ1v) is 3.68. The fourth-order valence-corrected chi connectivity index (χ4v) is 1.09. The van der Waals surface area contributed by atoms with Crippen molar-refractivity contribution in [1.29, 1.82) is 5.26 Å². The van der Waals surface area contributed by atoms with Gasteiger partial charge in [0.1, 0.15) is 11.6 Å². The summed E-state index contributed by atoms with van der Waals surface area (Å²) in [7, 11) is 1.20. The molecule has 1 aromatic carbocycles. The average molecular weight is 194 g/mol. The zero-order valence-corrected chi connectivity index (χ0v) is 7.37. The summed E-state index contributed by atoms with van der Waals surface area (Å²) in [6.45, 7) is 0.